The summed E-state index contributed by atoms with van der Waals surface area (Å²) < 4.78 is 4.77. The smallest absolute Gasteiger partial charge is 0.354 e. The molecule has 0 saturated heterocycles. The molecule has 0 aliphatic rings. The van der Waals surface area contributed by atoms with Crippen LogP contribution in [0.25, 0.3) is 0 Å². The largest absolute Gasteiger partial charge is 0.461 e. The van der Waals surface area contributed by atoms with Crippen LogP contribution in [0.3, 0.4) is 0 Å². The van der Waals surface area contributed by atoms with Crippen molar-refractivity contribution in [1.29, 1.82) is 0 Å². The first-order chi connectivity index (χ1) is 8.54. The average Bonchev–Trinajstić information content (AvgIpc) is 2.31. The number of nitrogens with zero attached hydrogens (tertiary/aromatic N) is 1. The van der Waals surface area contributed by atoms with Gasteiger partial charge < -0.3 is 15.8 Å². The number of carbonyl (C=O) groups excluding carboxylic acids is 2. The lowest BCUT2D eigenvalue weighted by atomic mass is 10.3. The van der Waals surface area contributed by atoms with Gasteiger partial charge in [-0.05, 0) is 19.1 Å². The van der Waals surface area contributed by atoms with Crippen LogP contribution in [-0.2, 0) is 14.3 Å². The number of amides is 1. The summed E-state index contributed by atoms with van der Waals surface area (Å²) in [5.74, 6) is -1.25. The first-order valence-electron chi connectivity index (χ1n) is 5.10. The van der Waals surface area contributed by atoms with E-state index in [0.29, 0.717) is 5.02 Å². The van der Waals surface area contributed by atoms with Crippen LogP contribution in [0.1, 0.15) is 6.92 Å². The third-order valence-electron chi connectivity index (χ3n) is 1.79. The Hall–Kier alpha value is -2.08. The van der Waals surface area contributed by atoms with Crippen LogP contribution in [-0.4, -0.2) is 23.5 Å². The number of halogens is 1. The van der Waals surface area contributed by atoms with E-state index in [1.54, 1.807) is 19.1 Å². The van der Waals surface area contributed by atoms with Crippen LogP contribution in [0, 0.1) is 0 Å². The normalized spacial score (nSPS) is 10.9. The highest BCUT2D eigenvalue weighted by Gasteiger charge is 2.14. The molecule has 0 fully saturated rings. The molecule has 0 aliphatic carbocycles. The van der Waals surface area contributed by atoms with E-state index in [9.17, 15) is 9.59 Å². The van der Waals surface area contributed by atoms with E-state index in [-0.39, 0.29) is 18.1 Å². The molecule has 0 bridgehead atoms. The summed E-state index contributed by atoms with van der Waals surface area (Å²) in [6.07, 6.45) is 2.41. The number of primary amides is 1. The van der Waals surface area contributed by atoms with Crippen LogP contribution >= 0.6 is 11.6 Å². The van der Waals surface area contributed by atoms with Crippen molar-refractivity contribution in [3.05, 3.63) is 35.1 Å². The summed E-state index contributed by atoms with van der Waals surface area (Å²) in [7, 11) is 0. The molecule has 0 atom stereocenters. The van der Waals surface area contributed by atoms with E-state index in [2.05, 4.69) is 10.3 Å². The Morgan fingerprint density at radius 2 is 2.33 bits per heavy atom. The number of anilines is 1. The van der Waals surface area contributed by atoms with Gasteiger partial charge in [-0.3, -0.25) is 4.79 Å². The Labute approximate surface area is 109 Å². The van der Waals surface area contributed by atoms with Crippen molar-refractivity contribution in [2.24, 2.45) is 5.73 Å². The standard InChI is InChI=1S/C11H12ClN3O3/c1-2-18-11(17)8(6-9(13)16)15-10-7(12)4-3-5-14-10/h3-6H,2H2,1H3,(H2,13,16)(H,14,15)/b8-6-. The van der Waals surface area contributed by atoms with Crippen LogP contribution in [0.5, 0.6) is 0 Å². The summed E-state index contributed by atoms with van der Waals surface area (Å²) in [4.78, 5) is 26.3. The van der Waals surface area contributed by atoms with E-state index in [1.165, 1.54) is 6.20 Å². The van der Waals surface area contributed by atoms with Gasteiger partial charge >= 0.3 is 5.97 Å². The molecule has 0 aromatic carbocycles. The van der Waals surface area contributed by atoms with E-state index in [1.807, 2.05) is 0 Å². The minimum Gasteiger partial charge on any atom is -0.461 e. The number of hydrogen-bond donors (Lipinski definition) is 2. The highest BCUT2D eigenvalue weighted by molar-refractivity contribution is 6.33. The predicted octanol–water partition coefficient (Wildman–Crippen LogP) is 1.08. The second kappa shape index (κ2) is 6.61. The lowest BCUT2D eigenvalue weighted by Gasteiger charge is -2.09. The lowest BCUT2D eigenvalue weighted by Crippen LogP contribution is -2.19. The maximum atomic E-state index is 11.6. The average molecular weight is 270 g/mol. The molecule has 0 unspecified atom stereocenters. The van der Waals surface area contributed by atoms with E-state index in [0.717, 1.165) is 6.08 Å². The van der Waals surface area contributed by atoms with Gasteiger partial charge in [0.1, 0.15) is 11.5 Å². The Kier molecular flexibility index (Phi) is 5.13. The molecule has 1 amide bonds. The maximum absolute atomic E-state index is 11.6. The predicted molar refractivity (Wildman–Crippen MR) is 66.8 cm³/mol. The van der Waals surface area contributed by atoms with Crippen LogP contribution in [0.2, 0.25) is 5.02 Å². The number of nitrogens with two attached hydrogens (primary N) is 1. The van der Waals surface area contributed by atoms with Gasteiger partial charge in [-0.1, -0.05) is 11.6 Å². The summed E-state index contributed by atoms with van der Waals surface area (Å²) in [6.45, 7) is 1.82. The monoisotopic (exact) mass is 269 g/mol. The maximum Gasteiger partial charge on any atom is 0.354 e. The molecule has 3 N–H and O–H groups in total. The molecule has 1 heterocycles. The third kappa shape index (κ3) is 4.06. The molecule has 1 aromatic rings. The van der Waals surface area contributed by atoms with E-state index < -0.39 is 11.9 Å². The number of ether oxygens (including phenoxy) is 1. The second-order valence-corrected chi connectivity index (χ2v) is 3.55. The fourth-order valence-corrected chi connectivity index (χ4v) is 1.27. The Balaban J connectivity index is 2.96. The Bertz CT molecular complexity index is 488. The number of rotatable bonds is 5. The fraction of sp³-hybridized carbons (Fsp3) is 0.182. The van der Waals surface area contributed by atoms with Crippen molar-refractivity contribution in [1.82, 2.24) is 4.98 Å². The van der Waals surface area contributed by atoms with Gasteiger partial charge in [0.15, 0.2) is 0 Å². The van der Waals surface area contributed by atoms with Crippen molar-refractivity contribution in [2.75, 3.05) is 11.9 Å². The molecule has 18 heavy (non-hydrogen) atoms. The lowest BCUT2D eigenvalue weighted by molar-refractivity contribution is -0.138. The molecule has 1 rings (SSSR count). The van der Waals surface area contributed by atoms with Crippen molar-refractivity contribution in [3.8, 4) is 0 Å². The van der Waals surface area contributed by atoms with Gasteiger partial charge in [0, 0.05) is 12.3 Å². The quantitative estimate of drug-likeness (QED) is 0.616. The van der Waals surface area contributed by atoms with Gasteiger partial charge in [-0.2, -0.15) is 0 Å². The summed E-state index contributed by atoms with van der Waals surface area (Å²) in [5.41, 5.74) is 4.88. The van der Waals surface area contributed by atoms with Gasteiger partial charge in [0.25, 0.3) is 0 Å². The number of esters is 1. The minimum atomic E-state index is -0.780. The minimum absolute atomic E-state index is 0.120. The first kappa shape index (κ1) is 14.0. The van der Waals surface area contributed by atoms with Crippen LogP contribution in [0.15, 0.2) is 30.1 Å². The van der Waals surface area contributed by atoms with Crippen LogP contribution in [0.4, 0.5) is 5.82 Å². The number of aromatic nitrogens is 1. The highest BCUT2D eigenvalue weighted by atomic mass is 35.5. The summed E-state index contributed by atoms with van der Waals surface area (Å²) in [6, 6.07) is 3.22. The summed E-state index contributed by atoms with van der Waals surface area (Å²) in [5, 5.41) is 2.91. The molecule has 0 aliphatic heterocycles. The van der Waals surface area contributed by atoms with Gasteiger partial charge in [-0.25, -0.2) is 9.78 Å². The fourth-order valence-electron chi connectivity index (χ4n) is 1.10. The van der Waals surface area contributed by atoms with Gasteiger partial charge in [0.2, 0.25) is 5.91 Å². The molecule has 0 spiro atoms. The zero-order valence-electron chi connectivity index (χ0n) is 9.64. The van der Waals surface area contributed by atoms with E-state index in [4.69, 9.17) is 22.1 Å². The Morgan fingerprint density at radius 3 is 2.89 bits per heavy atom. The molecule has 7 heteroatoms. The number of nitrogens with one attached hydrogen (secondary N) is 1. The van der Waals surface area contributed by atoms with Gasteiger partial charge in [-0.15, -0.1) is 0 Å². The zero-order chi connectivity index (χ0) is 13.5. The number of carbonyl (C=O) groups is 2. The van der Waals surface area contributed by atoms with Crippen molar-refractivity contribution in [3.63, 3.8) is 0 Å². The van der Waals surface area contributed by atoms with E-state index >= 15 is 0 Å². The SMILES string of the molecule is CCOC(=O)/C(=C/C(N)=O)Nc1ncccc1Cl. The topological polar surface area (TPSA) is 94.3 Å². The number of hydrogen-bond acceptors (Lipinski definition) is 5. The molecule has 0 radical (unpaired) electrons. The van der Waals surface area contributed by atoms with Gasteiger partial charge in [0.05, 0.1) is 11.6 Å². The zero-order valence-corrected chi connectivity index (χ0v) is 10.4. The molecular weight excluding hydrogens is 258 g/mol. The molecular formula is C11H12ClN3O3. The molecule has 6 nitrogen and oxygen atoms in total. The molecule has 96 valence electrons. The molecule has 0 saturated carbocycles. The van der Waals surface area contributed by atoms with Crippen LogP contribution < -0.4 is 11.1 Å². The third-order valence-corrected chi connectivity index (χ3v) is 2.10. The summed E-state index contributed by atoms with van der Waals surface area (Å²) >= 11 is 5.87. The first-order valence-corrected chi connectivity index (χ1v) is 5.48. The number of pyridine rings is 1. The highest BCUT2D eigenvalue weighted by Crippen LogP contribution is 2.19. The van der Waals surface area contributed by atoms with Crippen molar-refractivity contribution < 1.29 is 14.3 Å². The molecule has 1 aromatic heterocycles. The second-order valence-electron chi connectivity index (χ2n) is 3.14. The Morgan fingerprint density at radius 1 is 1.61 bits per heavy atom. The van der Waals surface area contributed by atoms with Crippen molar-refractivity contribution >= 4 is 29.3 Å². The van der Waals surface area contributed by atoms with Crippen molar-refractivity contribution in [2.45, 2.75) is 6.92 Å².